The van der Waals surface area contributed by atoms with Crippen molar-refractivity contribution >= 4 is 11.6 Å². The number of carbonyl (C=O) groups is 1. The highest BCUT2D eigenvalue weighted by Crippen LogP contribution is 2.29. The van der Waals surface area contributed by atoms with E-state index in [1.165, 1.54) is 18.3 Å². The van der Waals surface area contributed by atoms with Crippen molar-refractivity contribution in [2.24, 2.45) is 0 Å². The second-order valence-electron chi connectivity index (χ2n) is 3.82. The van der Waals surface area contributed by atoms with E-state index in [0.717, 1.165) is 12.1 Å². The lowest BCUT2D eigenvalue weighted by Crippen LogP contribution is -2.12. The predicted molar refractivity (Wildman–Crippen MR) is 60.6 cm³/mol. The van der Waals surface area contributed by atoms with Crippen molar-refractivity contribution < 1.29 is 22.5 Å². The quantitative estimate of drug-likeness (QED) is 0.910. The number of rotatable bonds is 2. The van der Waals surface area contributed by atoms with Crippen LogP contribution in [0, 0.1) is 6.92 Å². The Kier molecular flexibility index (Phi) is 3.28. The van der Waals surface area contributed by atoms with Gasteiger partial charge in [0.1, 0.15) is 11.3 Å². The van der Waals surface area contributed by atoms with Crippen molar-refractivity contribution in [2.45, 2.75) is 13.1 Å². The van der Waals surface area contributed by atoms with Crippen LogP contribution in [-0.2, 0) is 6.18 Å². The van der Waals surface area contributed by atoms with Crippen molar-refractivity contribution in [3.05, 3.63) is 47.3 Å². The largest absolute Gasteiger partial charge is 0.416 e. The van der Waals surface area contributed by atoms with Gasteiger partial charge in [0, 0.05) is 5.69 Å². The first-order valence-electron chi connectivity index (χ1n) is 5.28. The Balaban J connectivity index is 2.12. The number of halogens is 3. The van der Waals surface area contributed by atoms with Gasteiger partial charge < -0.3 is 9.84 Å². The lowest BCUT2D eigenvalue weighted by Gasteiger charge is -2.08. The molecule has 0 aliphatic rings. The van der Waals surface area contributed by atoms with Crippen LogP contribution in [0.25, 0.3) is 0 Å². The zero-order valence-corrected chi connectivity index (χ0v) is 9.78. The summed E-state index contributed by atoms with van der Waals surface area (Å²) in [5.41, 5.74) is -0.273. The number of benzene rings is 1. The molecule has 19 heavy (non-hydrogen) atoms. The van der Waals surface area contributed by atoms with Crippen LogP contribution in [0.2, 0.25) is 0 Å². The van der Waals surface area contributed by atoms with Crippen LogP contribution in [-0.4, -0.2) is 11.1 Å². The van der Waals surface area contributed by atoms with Crippen molar-refractivity contribution in [2.75, 3.05) is 5.32 Å². The Hall–Kier alpha value is -2.31. The summed E-state index contributed by atoms with van der Waals surface area (Å²) in [5, 5.41) is 5.90. The van der Waals surface area contributed by atoms with E-state index in [1.54, 1.807) is 6.92 Å². The van der Waals surface area contributed by atoms with Gasteiger partial charge >= 0.3 is 6.18 Å². The third-order valence-corrected chi connectivity index (χ3v) is 2.47. The number of hydrogen-bond acceptors (Lipinski definition) is 3. The molecule has 7 heteroatoms. The van der Waals surface area contributed by atoms with Gasteiger partial charge in [0.25, 0.3) is 5.91 Å². The molecule has 0 bridgehead atoms. The number of aromatic nitrogens is 1. The fourth-order valence-electron chi connectivity index (χ4n) is 1.46. The SMILES string of the molecule is Cc1oncc1C(=O)Nc1ccc([11C](F)(F)F)cc1. The summed E-state index contributed by atoms with van der Waals surface area (Å²) in [6.45, 7) is 1.56. The highest BCUT2D eigenvalue weighted by Gasteiger charge is 2.30. The monoisotopic (exact) mass is 269 g/mol. The molecule has 0 saturated carbocycles. The van der Waals surface area contributed by atoms with E-state index in [-0.39, 0.29) is 11.3 Å². The van der Waals surface area contributed by atoms with Gasteiger partial charge in [-0.25, -0.2) is 0 Å². The van der Waals surface area contributed by atoms with Crippen molar-refractivity contribution in [1.29, 1.82) is 0 Å². The Bertz CT molecular complexity index is 588. The summed E-state index contributed by atoms with van der Waals surface area (Å²) < 4.78 is 41.8. The van der Waals surface area contributed by atoms with Crippen LogP contribution in [0.5, 0.6) is 0 Å². The van der Waals surface area contributed by atoms with E-state index < -0.39 is 17.6 Å². The standard InChI is InChI=1S/C12H9F3N2O2/c1-7-10(6-16-19-7)11(18)17-9-4-2-8(3-5-9)12(13,14)15/h2-6H,1H3,(H,17,18)/i12-1. The fourth-order valence-corrected chi connectivity index (χ4v) is 1.46. The third-order valence-electron chi connectivity index (χ3n) is 2.47. The fraction of sp³-hybridized carbons (Fsp3) is 0.167. The molecule has 0 aliphatic heterocycles. The lowest BCUT2D eigenvalue weighted by molar-refractivity contribution is -0.137. The van der Waals surface area contributed by atoms with E-state index in [2.05, 4.69) is 10.5 Å². The summed E-state index contributed by atoms with van der Waals surface area (Å²) in [6.07, 6.45) is -3.15. The molecule has 0 spiro atoms. The van der Waals surface area contributed by atoms with Crippen LogP contribution in [0.1, 0.15) is 21.7 Å². The number of anilines is 1. The molecular weight excluding hydrogens is 260 g/mol. The van der Waals surface area contributed by atoms with Gasteiger partial charge in [-0.2, -0.15) is 13.2 Å². The highest BCUT2D eigenvalue weighted by atomic mass is 19.4. The molecule has 100 valence electrons. The average Bonchev–Trinajstić information content (AvgIpc) is 2.75. The maximum Gasteiger partial charge on any atom is 0.416 e. The Morgan fingerprint density at radius 3 is 2.37 bits per heavy atom. The number of hydrogen-bond donors (Lipinski definition) is 1. The topological polar surface area (TPSA) is 55.1 Å². The zero-order chi connectivity index (χ0) is 14.0. The predicted octanol–water partition coefficient (Wildman–Crippen LogP) is 3.25. The molecule has 0 fully saturated rings. The van der Waals surface area contributed by atoms with Crippen LogP contribution >= 0.6 is 0 Å². The molecule has 1 N–H and O–H groups in total. The maximum atomic E-state index is 12.4. The summed E-state index contributed by atoms with van der Waals surface area (Å²) in [6, 6.07) is 4.17. The van der Waals surface area contributed by atoms with Crippen LogP contribution < -0.4 is 5.32 Å². The molecule has 1 amide bonds. The second kappa shape index (κ2) is 4.75. The number of amides is 1. The number of nitrogens with one attached hydrogen (secondary N) is 1. The van der Waals surface area contributed by atoms with Crippen molar-refractivity contribution in [1.82, 2.24) is 5.16 Å². The molecule has 1 aromatic carbocycles. The third kappa shape index (κ3) is 2.93. The molecule has 2 rings (SSSR count). The van der Waals surface area contributed by atoms with Gasteiger partial charge in [0.05, 0.1) is 11.8 Å². The summed E-state index contributed by atoms with van der Waals surface area (Å²) >= 11 is 0. The minimum absolute atomic E-state index is 0.236. The van der Waals surface area contributed by atoms with E-state index in [0.29, 0.717) is 5.76 Å². The molecule has 0 radical (unpaired) electrons. The molecular formula is C12H9F3N2O2. The van der Waals surface area contributed by atoms with Gasteiger partial charge in [0.2, 0.25) is 0 Å². The second-order valence-corrected chi connectivity index (χ2v) is 3.82. The molecule has 4 nitrogen and oxygen atoms in total. The van der Waals surface area contributed by atoms with Crippen LogP contribution in [0.3, 0.4) is 0 Å². The van der Waals surface area contributed by atoms with Crippen molar-refractivity contribution in [3.8, 4) is 0 Å². The molecule has 1 aromatic heterocycles. The first-order chi connectivity index (χ1) is 8.88. The smallest absolute Gasteiger partial charge is 0.361 e. The van der Waals surface area contributed by atoms with E-state index >= 15 is 0 Å². The van der Waals surface area contributed by atoms with Gasteiger partial charge in [0.15, 0.2) is 0 Å². The summed E-state index contributed by atoms with van der Waals surface area (Å²) in [4.78, 5) is 11.7. The maximum absolute atomic E-state index is 12.4. The van der Waals surface area contributed by atoms with Gasteiger partial charge in [-0.15, -0.1) is 0 Å². The first kappa shape index (κ1) is 13.1. The number of alkyl halides is 3. The van der Waals surface area contributed by atoms with Gasteiger partial charge in [-0.05, 0) is 31.2 Å². The first-order valence-corrected chi connectivity index (χ1v) is 5.28. The minimum atomic E-state index is -4.40. The Labute approximate surface area is 106 Å². The number of nitrogens with zero attached hydrogens (tertiary/aromatic N) is 1. The molecule has 1 heterocycles. The molecule has 2 aromatic rings. The summed E-state index contributed by atoms with van der Waals surface area (Å²) in [7, 11) is 0. The van der Waals surface area contributed by atoms with E-state index in [4.69, 9.17) is 4.52 Å². The van der Waals surface area contributed by atoms with Gasteiger partial charge in [-0.3, -0.25) is 4.79 Å². The normalized spacial score (nSPS) is 11.4. The lowest BCUT2D eigenvalue weighted by atomic mass is 9.90. The molecule has 0 saturated heterocycles. The minimum Gasteiger partial charge on any atom is -0.361 e. The van der Waals surface area contributed by atoms with E-state index in [1.807, 2.05) is 0 Å². The molecule has 0 aliphatic carbocycles. The molecule has 0 atom stereocenters. The van der Waals surface area contributed by atoms with Crippen LogP contribution in [0.4, 0.5) is 18.9 Å². The summed E-state index contributed by atoms with van der Waals surface area (Å²) in [5.74, 6) is -0.150. The Morgan fingerprint density at radius 2 is 1.89 bits per heavy atom. The van der Waals surface area contributed by atoms with E-state index in [9.17, 15) is 18.0 Å². The molecule has 0 unspecified atom stereocenters. The highest BCUT2D eigenvalue weighted by molar-refractivity contribution is 6.04. The number of aryl methyl sites for hydroxylation is 1. The van der Waals surface area contributed by atoms with Crippen molar-refractivity contribution in [3.63, 3.8) is 0 Å². The number of carbonyl (C=O) groups excluding carboxylic acids is 1. The Morgan fingerprint density at radius 1 is 1.26 bits per heavy atom. The van der Waals surface area contributed by atoms with Crippen LogP contribution in [0.15, 0.2) is 35.0 Å². The average molecular weight is 269 g/mol. The zero-order valence-electron chi connectivity index (χ0n) is 9.78. The van der Waals surface area contributed by atoms with Gasteiger partial charge in [-0.1, -0.05) is 5.16 Å².